The Hall–Kier alpha value is -1.75. The number of nitrogens with zero attached hydrogens (tertiary/aromatic N) is 2. The summed E-state index contributed by atoms with van der Waals surface area (Å²) in [7, 11) is 0. The number of fused-ring (bicyclic) bond motifs is 1. The number of pyridine rings is 1. The van der Waals surface area contributed by atoms with E-state index in [1.165, 1.54) is 6.07 Å². The Kier molecular flexibility index (Phi) is 2.63. The van der Waals surface area contributed by atoms with Crippen LogP contribution in [0, 0.1) is 12.7 Å². The molecule has 0 aliphatic rings. The summed E-state index contributed by atoms with van der Waals surface area (Å²) in [5, 5.41) is 0. The molecule has 90 valence electrons. The Morgan fingerprint density at radius 1 is 1.28 bits per heavy atom. The highest BCUT2D eigenvalue weighted by atomic mass is 79.9. The number of hydrogen-bond donors (Lipinski definition) is 1. The van der Waals surface area contributed by atoms with Gasteiger partial charge in [-0.1, -0.05) is 0 Å². The number of aryl methyl sites for hydroxylation is 1. The number of benzene rings is 1. The first-order valence-corrected chi connectivity index (χ1v) is 6.20. The van der Waals surface area contributed by atoms with E-state index in [1.807, 2.05) is 13.0 Å². The zero-order chi connectivity index (χ0) is 12.7. The van der Waals surface area contributed by atoms with Gasteiger partial charge in [0.15, 0.2) is 5.65 Å². The molecule has 0 radical (unpaired) electrons. The lowest BCUT2D eigenvalue weighted by molar-refractivity contribution is 0.621. The zero-order valence-electron chi connectivity index (χ0n) is 9.54. The molecule has 1 aromatic carbocycles. The lowest BCUT2D eigenvalue weighted by atomic mass is 10.2. The first-order valence-electron chi connectivity index (χ1n) is 5.41. The van der Waals surface area contributed by atoms with Crippen molar-refractivity contribution in [1.29, 1.82) is 0 Å². The van der Waals surface area contributed by atoms with Crippen molar-refractivity contribution in [2.45, 2.75) is 6.92 Å². The molecule has 0 atom stereocenters. The SMILES string of the molecule is Cc1cnc2nc(-c3ccc(Br)c(F)c3)[nH]c2c1. The number of aromatic amines is 1. The van der Waals surface area contributed by atoms with Crippen LogP contribution in [0.1, 0.15) is 5.56 Å². The van der Waals surface area contributed by atoms with Gasteiger partial charge >= 0.3 is 0 Å². The van der Waals surface area contributed by atoms with Gasteiger partial charge in [-0.15, -0.1) is 0 Å². The summed E-state index contributed by atoms with van der Waals surface area (Å²) in [6.45, 7) is 1.96. The normalized spacial score (nSPS) is 11.1. The first-order chi connectivity index (χ1) is 8.63. The van der Waals surface area contributed by atoms with Crippen molar-refractivity contribution < 1.29 is 4.39 Å². The molecule has 3 aromatic rings. The Balaban J connectivity index is 2.16. The third-order valence-electron chi connectivity index (χ3n) is 2.67. The molecule has 0 aliphatic heterocycles. The molecule has 1 N–H and O–H groups in total. The molecule has 3 rings (SSSR count). The monoisotopic (exact) mass is 305 g/mol. The van der Waals surface area contributed by atoms with Crippen molar-refractivity contribution in [3.8, 4) is 11.4 Å². The Bertz CT molecular complexity index is 736. The molecule has 2 aromatic heterocycles. The second-order valence-electron chi connectivity index (χ2n) is 4.10. The first kappa shape index (κ1) is 11.3. The van der Waals surface area contributed by atoms with Crippen LogP contribution in [-0.4, -0.2) is 15.0 Å². The minimum Gasteiger partial charge on any atom is -0.337 e. The number of rotatable bonds is 1. The van der Waals surface area contributed by atoms with Crippen LogP contribution in [0.15, 0.2) is 34.9 Å². The van der Waals surface area contributed by atoms with Gasteiger partial charge in [0.1, 0.15) is 11.6 Å². The third-order valence-corrected chi connectivity index (χ3v) is 3.31. The van der Waals surface area contributed by atoms with E-state index in [4.69, 9.17) is 0 Å². The maximum absolute atomic E-state index is 13.5. The lowest BCUT2D eigenvalue weighted by Gasteiger charge is -1.98. The van der Waals surface area contributed by atoms with Crippen LogP contribution in [0.4, 0.5) is 4.39 Å². The van der Waals surface area contributed by atoms with Gasteiger partial charge in [-0.2, -0.15) is 0 Å². The van der Waals surface area contributed by atoms with Gasteiger partial charge in [-0.3, -0.25) is 0 Å². The largest absolute Gasteiger partial charge is 0.337 e. The van der Waals surface area contributed by atoms with Gasteiger partial charge in [0.25, 0.3) is 0 Å². The molecule has 0 unspecified atom stereocenters. The van der Waals surface area contributed by atoms with Crippen molar-refractivity contribution in [1.82, 2.24) is 15.0 Å². The zero-order valence-corrected chi connectivity index (χ0v) is 11.1. The second-order valence-corrected chi connectivity index (χ2v) is 4.95. The number of imidazole rings is 1. The molecule has 2 heterocycles. The van der Waals surface area contributed by atoms with Gasteiger partial charge in [0.05, 0.1) is 9.99 Å². The summed E-state index contributed by atoms with van der Waals surface area (Å²) in [5.41, 5.74) is 3.25. The van der Waals surface area contributed by atoms with Crippen molar-refractivity contribution in [3.63, 3.8) is 0 Å². The van der Waals surface area contributed by atoms with E-state index in [0.717, 1.165) is 11.1 Å². The molecule has 0 amide bonds. The van der Waals surface area contributed by atoms with Crippen LogP contribution in [0.25, 0.3) is 22.6 Å². The smallest absolute Gasteiger partial charge is 0.178 e. The van der Waals surface area contributed by atoms with Gasteiger partial charge in [0.2, 0.25) is 0 Å². The number of halogens is 2. The summed E-state index contributed by atoms with van der Waals surface area (Å²) >= 11 is 3.13. The van der Waals surface area contributed by atoms with Crippen molar-refractivity contribution >= 4 is 27.1 Å². The third kappa shape index (κ3) is 1.90. The Labute approximate surface area is 111 Å². The fourth-order valence-corrected chi connectivity index (χ4v) is 2.03. The molecule has 0 spiro atoms. The van der Waals surface area contributed by atoms with E-state index in [9.17, 15) is 4.39 Å². The number of nitrogens with one attached hydrogen (secondary N) is 1. The second kappa shape index (κ2) is 4.17. The summed E-state index contributed by atoms with van der Waals surface area (Å²) in [5.74, 6) is 0.312. The van der Waals surface area contributed by atoms with Crippen molar-refractivity contribution in [2.24, 2.45) is 0 Å². The quantitative estimate of drug-likeness (QED) is 0.742. The highest BCUT2D eigenvalue weighted by Crippen LogP contribution is 2.24. The van der Waals surface area contributed by atoms with Gasteiger partial charge in [-0.25, -0.2) is 14.4 Å². The topological polar surface area (TPSA) is 41.6 Å². The highest BCUT2D eigenvalue weighted by molar-refractivity contribution is 9.10. The van der Waals surface area contributed by atoms with Crippen LogP contribution >= 0.6 is 15.9 Å². The molecular formula is C13H9BrFN3. The molecule has 18 heavy (non-hydrogen) atoms. The Morgan fingerprint density at radius 2 is 2.11 bits per heavy atom. The van der Waals surface area contributed by atoms with Crippen LogP contribution < -0.4 is 0 Å². The van der Waals surface area contributed by atoms with E-state index in [-0.39, 0.29) is 5.82 Å². The molecule has 0 saturated carbocycles. The van der Waals surface area contributed by atoms with Gasteiger partial charge < -0.3 is 4.98 Å². The standard InChI is InChI=1S/C13H9BrFN3/c1-7-4-11-13(16-6-7)18-12(17-11)8-2-3-9(14)10(15)5-8/h2-6H,1H3,(H,16,17,18). The molecule has 0 saturated heterocycles. The molecule has 3 nitrogen and oxygen atoms in total. The van der Waals surface area contributed by atoms with Gasteiger partial charge in [-0.05, 0) is 52.7 Å². The average molecular weight is 306 g/mol. The summed E-state index contributed by atoms with van der Waals surface area (Å²) in [4.78, 5) is 11.7. The van der Waals surface area contributed by atoms with E-state index in [0.29, 0.717) is 21.5 Å². The molecule has 0 fully saturated rings. The van der Waals surface area contributed by atoms with Crippen molar-refractivity contribution in [3.05, 3.63) is 46.3 Å². The van der Waals surface area contributed by atoms with E-state index < -0.39 is 0 Å². The fraction of sp³-hybridized carbons (Fsp3) is 0.0769. The number of hydrogen-bond acceptors (Lipinski definition) is 2. The van der Waals surface area contributed by atoms with Crippen LogP contribution in [0.3, 0.4) is 0 Å². The van der Waals surface area contributed by atoms with Crippen molar-refractivity contribution in [2.75, 3.05) is 0 Å². The predicted octanol–water partition coefficient (Wildman–Crippen LogP) is 3.83. The summed E-state index contributed by atoms with van der Waals surface area (Å²) < 4.78 is 13.9. The summed E-state index contributed by atoms with van der Waals surface area (Å²) in [6, 6.07) is 6.87. The van der Waals surface area contributed by atoms with Crippen LogP contribution in [0.2, 0.25) is 0 Å². The molecule has 0 bridgehead atoms. The minimum atomic E-state index is -0.308. The number of H-pyrrole nitrogens is 1. The van der Waals surface area contributed by atoms with Gasteiger partial charge in [0, 0.05) is 11.8 Å². The maximum atomic E-state index is 13.5. The number of aromatic nitrogens is 3. The molecular weight excluding hydrogens is 297 g/mol. The minimum absolute atomic E-state index is 0.308. The van der Waals surface area contributed by atoms with Crippen LogP contribution in [-0.2, 0) is 0 Å². The van der Waals surface area contributed by atoms with Crippen LogP contribution in [0.5, 0.6) is 0 Å². The predicted molar refractivity (Wildman–Crippen MR) is 71.7 cm³/mol. The maximum Gasteiger partial charge on any atom is 0.178 e. The Morgan fingerprint density at radius 3 is 2.89 bits per heavy atom. The van der Waals surface area contributed by atoms with E-state index in [2.05, 4.69) is 30.9 Å². The molecule has 5 heteroatoms. The fourth-order valence-electron chi connectivity index (χ4n) is 1.78. The lowest BCUT2D eigenvalue weighted by Crippen LogP contribution is -1.83. The summed E-state index contributed by atoms with van der Waals surface area (Å²) in [6.07, 6.45) is 1.76. The molecule has 0 aliphatic carbocycles. The van der Waals surface area contributed by atoms with E-state index in [1.54, 1.807) is 18.3 Å². The van der Waals surface area contributed by atoms with E-state index >= 15 is 0 Å². The average Bonchev–Trinajstić information content (AvgIpc) is 2.75. The highest BCUT2D eigenvalue weighted by Gasteiger charge is 2.08.